The van der Waals surface area contributed by atoms with Gasteiger partial charge in [-0.1, -0.05) is 13.8 Å². The number of carbonyl (C=O) groups excluding carboxylic acids is 2. The van der Waals surface area contributed by atoms with Crippen LogP contribution in [-0.4, -0.2) is 36.7 Å². The first-order valence-electron chi connectivity index (χ1n) is 8.02. The first-order valence-corrected chi connectivity index (χ1v) is 8.02. The van der Waals surface area contributed by atoms with Crippen molar-refractivity contribution in [2.45, 2.75) is 26.3 Å². The number of aliphatic carboxylic acids is 1. The highest BCUT2D eigenvalue weighted by Gasteiger charge is 2.22. The van der Waals surface area contributed by atoms with Crippen LogP contribution in [0.25, 0.3) is 10.9 Å². The number of carboxylic acids is 1. The average Bonchev–Trinajstić information content (AvgIpc) is 2.91. The summed E-state index contributed by atoms with van der Waals surface area (Å²) in [6.45, 7) is 3.77. The van der Waals surface area contributed by atoms with Crippen molar-refractivity contribution in [3.8, 4) is 11.5 Å². The lowest BCUT2D eigenvalue weighted by Crippen LogP contribution is -2.48. The molecule has 136 valence electrons. The third-order valence-corrected chi connectivity index (χ3v) is 4.09. The van der Waals surface area contributed by atoms with E-state index in [1.54, 1.807) is 44.0 Å². The maximum Gasteiger partial charge on any atom is 0.268 e. The molecule has 0 spiro atoms. The van der Waals surface area contributed by atoms with Crippen LogP contribution in [0, 0.1) is 5.92 Å². The highest BCUT2D eigenvalue weighted by molar-refractivity contribution is 6.03. The van der Waals surface area contributed by atoms with Gasteiger partial charge in [0, 0.05) is 12.4 Å². The van der Waals surface area contributed by atoms with Crippen LogP contribution in [0.4, 0.5) is 0 Å². The number of benzene rings is 1. The van der Waals surface area contributed by atoms with E-state index in [0.717, 1.165) is 0 Å². The van der Waals surface area contributed by atoms with Gasteiger partial charge in [0.1, 0.15) is 17.2 Å². The topological polar surface area (TPSA) is 92.6 Å². The van der Waals surface area contributed by atoms with Crippen molar-refractivity contribution in [2.24, 2.45) is 13.0 Å². The van der Waals surface area contributed by atoms with E-state index in [-0.39, 0.29) is 5.92 Å². The molecule has 2 rings (SSSR count). The summed E-state index contributed by atoms with van der Waals surface area (Å²) in [6, 6.07) is 4.12. The molecule has 1 heterocycles. The van der Waals surface area contributed by atoms with Crippen molar-refractivity contribution in [3.05, 3.63) is 23.9 Å². The molecule has 2 aromatic rings. The van der Waals surface area contributed by atoms with Gasteiger partial charge in [-0.25, -0.2) is 0 Å². The molecule has 0 unspecified atom stereocenters. The number of amides is 1. The standard InChI is InChI=1S/C18H24N2O5/c1-10(2)8-12(18(22)23)19-17(21)13-9-11-14(24-4)6-7-15(25-5)16(11)20(13)3/h6-7,9-10,12H,8H2,1-5H3,(H,19,21)(H,22,23)/p-1/t12-/m0/s1. The van der Waals surface area contributed by atoms with Crippen molar-refractivity contribution in [3.63, 3.8) is 0 Å². The molecular weight excluding hydrogens is 324 g/mol. The molecule has 0 fully saturated rings. The van der Waals surface area contributed by atoms with Crippen molar-refractivity contribution >= 4 is 22.8 Å². The van der Waals surface area contributed by atoms with Crippen molar-refractivity contribution < 1.29 is 24.2 Å². The molecule has 1 amide bonds. The van der Waals surface area contributed by atoms with Gasteiger partial charge in [-0.2, -0.15) is 0 Å². The van der Waals surface area contributed by atoms with Crippen molar-refractivity contribution in [2.75, 3.05) is 14.2 Å². The van der Waals surface area contributed by atoms with Gasteiger partial charge in [0.05, 0.1) is 31.7 Å². The SMILES string of the molecule is COc1ccc(OC)c2c1cc(C(=O)N[C@@H](CC(C)C)C(=O)[O-])n2C. The first-order chi connectivity index (χ1) is 11.8. The molecule has 1 atom stereocenters. The lowest BCUT2D eigenvalue weighted by Gasteiger charge is -2.21. The number of fused-ring (bicyclic) bond motifs is 1. The Morgan fingerprint density at radius 2 is 1.80 bits per heavy atom. The van der Waals surface area contributed by atoms with E-state index in [2.05, 4.69) is 5.32 Å². The van der Waals surface area contributed by atoms with Gasteiger partial charge >= 0.3 is 0 Å². The molecule has 1 N–H and O–H groups in total. The Hall–Kier alpha value is -2.70. The summed E-state index contributed by atoms with van der Waals surface area (Å²) in [5, 5.41) is 14.5. The zero-order valence-electron chi connectivity index (χ0n) is 15.1. The van der Waals surface area contributed by atoms with Gasteiger partial charge in [0.2, 0.25) is 0 Å². The Labute approximate surface area is 146 Å². The molecule has 25 heavy (non-hydrogen) atoms. The van der Waals surface area contributed by atoms with Gasteiger partial charge < -0.3 is 29.3 Å². The van der Waals surface area contributed by atoms with Gasteiger partial charge in [0.25, 0.3) is 5.91 Å². The molecule has 0 radical (unpaired) electrons. The van der Waals surface area contributed by atoms with E-state index in [9.17, 15) is 14.7 Å². The molecule has 0 bridgehead atoms. The fourth-order valence-electron chi connectivity index (χ4n) is 2.89. The van der Waals surface area contributed by atoms with E-state index in [1.165, 1.54) is 0 Å². The minimum atomic E-state index is -1.30. The number of carbonyl (C=O) groups is 2. The predicted molar refractivity (Wildman–Crippen MR) is 91.7 cm³/mol. The van der Waals surface area contributed by atoms with Gasteiger partial charge in [-0.15, -0.1) is 0 Å². The van der Waals surface area contributed by atoms with E-state index >= 15 is 0 Å². The Morgan fingerprint density at radius 1 is 1.20 bits per heavy atom. The summed E-state index contributed by atoms with van der Waals surface area (Å²) < 4.78 is 12.4. The molecule has 7 nitrogen and oxygen atoms in total. The maximum atomic E-state index is 12.6. The van der Waals surface area contributed by atoms with E-state index in [4.69, 9.17) is 9.47 Å². The number of nitrogens with one attached hydrogen (secondary N) is 1. The van der Waals surface area contributed by atoms with E-state index < -0.39 is 17.9 Å². The molecule has 0 saturated heterocycles. The number of ether oxygens (including phenoxy) is 2. The number of hydrogen-bond donors (Lipinski definition) is 1. The summed E-state index contributed by atoms with van der Waals surface area (Å²) in [7, 11) is 4.81. The summed E-state index contributed by atoms with van der Waals surface area (Å²) in [6.07, 6.45) is 0.296. The van der Waals surface area contributed by atoms with Crippen LogP contribution in [0.3, 0.4) is 0 Å². The third kappa shape index (κ3) is 3.70. The van der Waals surface area contributed by atoms with Crippen molar-refractivity contribution in [1.82, 2.24) is 9.88 Å². The third-order valence-electron chi connectivity index (χ3n) is 4.09. The minimum Gasteiger partial charge on any atom is -0.548 e. The lowest BCUT2D eigenvalue weighted by molar-refractivity contribution is -0.308. The summed E-state index contributed by atoms with van der Waals surface area (Å²) in [5.41, 5.74) is 1.01. The minimum absolute atomic E-state index is 0.107. The van der Waals surface area contributed by atoms with E-state index in [1.807, 2.05) is 13.8 Å². The van der Waals surface area contributed by atoms with Crippen LogP contribution in [0.2, 0.25) is 0 Å². The van der Waals surface area contributed by atoms with Crippen molar-refractivity contribution in [1.29, 1.82) is 0 Å². The lowest BCUT2D eigenvalue weighted by atomic mass is 10.0. The van der Waals surface area contributed by atoms with Crippen LogP contribution in [0.15, 0.2) is 18.2 Å². The average molecular weight is 347 g/mol. The summed E-state index contributed by atoms with van der Waals surface area (Å²) >= 11 is 0. The number of methoxy groups -OCH3 is 2. The second-order valence-corrected chi connectivity index (χ2v) is 6.30. The van der Waals surface area contributed by atoms with Gasteiger partial charge in [-0.3, -0.25) is 4.79 Å². The highest BCUT2D eigenvalue weighted by atomic mass is 16.5. The van der Waals surface area contributed by atoms with Gasteiger partial charge in [0.15, 0.2) is 0 Å². The molecule has 0 saturated carbocycles. The zero-order chi connectivity index (χ0) is 18.7. The predicted octanol–water partition coefficient (Wildman–Crippen LogP) is 1.09. The summed E-state index contributed by atoms with van der Waals surface area (Å²) in [5.74, 6) is -0.482. The second kappa shape index (κ2) is 7.46. The molecule has 7 heteroatoms. The largest absolute Gasteiger partial charge is 0.548 e. The smallest absolute Gasteiger partial charge is 0.268 e. The number of aryl methyl sites for hydroxylation is 1. The normalized spacial score (nSPS) is 12.2. The van der Waals surface area contributed by atoms with Crippen LogP contribution < -0.4 is 19.9 Å². The Kier molecular flexibility index (Phi) is 5.56. The van der Waals surface area contributed by atoms with Crippen LogP contribution in [-0.2, 0) is 11.8 Å². The molecule has 0 aliphatic rings. The number of nitrogens with zero attached hydrogens (tertiary/aromatic N) is 1. The molecule has 1 aromatic heterocycles. The Bertz CT molecular complexity index is 794. The fourth-order valence-corrected chi connectivity index (χ4v) is 2.89. The molecule has 0 aliphatic carbocycles. The van der Waals surface area contributed by atoms with Crippen LogP contribution >= 0.6 is 0 Å². The number of rotatable bonds is 7. The Balaban J connectivity index is 2.45. The first kappa shape index (κ1) is 18.6. The quantitative estimate of drug-likeness (QED) is 0.809. The number of aromatic nitrogens is 1. The maximum absolute atomic E-state index is 12.6. The van der Waals surface area contributed by atoms with Crippen LogP contribution in [0.1, 0.15) is 30.8 Å². The second-order valence-electron chi connectivity index (χ2n) is 6.30. The molecule has 1 aromatic carbocycles. The highest BCUT2D eigenvalue weighted by Crippen LogP contribution is 2.35. The summed E-state index contributed by atoms with van der Waals surface area (Å²) in [4.78, 5) is 23.9. The molecule has 0 aliphatic heterocycles. The van der Waals surface area contributed by atoms with E-state index in [0.29, 0.717) is 34.5 Å². The zero-order valence-corrected chi connectivity index (χ0v) is 15.1. The van der Waals surface area contributed by atoms with Crippen LogP contribution in [0.5, 0.6) is 11.5 Å². The fraction of sp³-hybridized carbons (Fsp3) is 0.444. The van der Waals surface area contributed by atoms with Gasteiger partial charge in [-0.05, 0) is 30.5 Å². The molecular formula is C18H23N2O5-. The monoisotopic (exact) mass is 347 g/mol. The number of carboxylic acid groups (broad SMARTS) is 1. The Morgan fingerprint density at radius 3 is 2.32 bits per heavy atom. The number of hydrogen-bond acceptors (Lipinski definition) is 5.